The zero-order valence-corrected chi connectivity index (χ0v) is 11.1. The Morgan fingerprint density at radius 2 is 1.68 bits per heavy atom. The van der Waals surface area contributed by atoms with E-state index in [2.05, 4.69) is 37.3 Å². The SMILES string of the molecule is COc1ccc(-c2ccc3cc(C)ccc3n2)cc1. The van der Waals surface area contributed by atoms with Gasteiger partial charge in [0.05, 0.1) is 18.3 Å². The van der Waals surface area contributed by atoms with Crippen molar-refractivity contribution in [2.24, 2.45) is 0 Å². The van der Waals surface area contributed by atoms with E-state index < -0.39 is 0 Å². The third-order valence-corrected chi connectivity index (χ3v) is 3.23. The summed E-state index contributed by atoms with van der Waals surface area (Å²) in [7, 11) is 1.67. The van der Waals surface area contributed by atoms with Crippen LogP contribution >= 0.6 is 0 Å². The molecule has 3 rings (SSSR count). The maximum absolute atomic E-state index is 5.17. The van der Waals surface area contributed by atoms with E-state index in [4.69, 9.17) is 9.72 Å². The smallest absolute Gasteiger partial charge is 0.118 e. The van der Waals surface area contributed by atoms with Crippen LogP contribution in [-0.2, 0) is 0 Å². The Kier molecular flexibility index (Phi) is 2.92. The predicted octanol–water partition coefficient (Wildman–Crippen LogP) is 4.22. The van der Waals surface area contributed by atoms with Gasteiger partial charge in [-0.25, -0.2) is 4.98 Å². The van der Waals surface area contributed by atoms with Crippen molar-refractivity contribution in [3.8, 4) is 17.0 Å². The van der Waals surface area contributed by atoms with Gasteiger partial charge in [-0.2, -0.15) is 0 Å². The number of rotatable bonds is 2. The molecule has 2 aromatic carbocycles. The average Bonchev–Trinajstić information content (AvgIpc) is 2.47. The normalized spacial score (nSPS) is 10.6. The van der Waals surface area contributed by atoms with E-state index in [1.54, 1.807) is 7.11 Å². The van der Waals surface area contributed by atoms with E-state index in [0.29, 0.717) is 0 Å². The van der Waals surface area contributed by atoms with Gasteiger partial charge in [0.25, 0.3) is 0 Å². The van der Waals surface area contributed by atoms with Crippen molar-refractivity contribution in [2.45, 2.75) is 6.92 Å². The summed E-state index contributed by atoms with van der Waals surface area (Å²) >= 11 is 0. The molecule has 0 aliphatic heterocycles. The fourth-order valence-corrected chi connectivity index (χ4v) is 2.17. The standard InChI is InChI=1S/C17H15NO/c1-12-3-9-17-14(11-12)6-10-16(18-17)13-4-7-15(19-2)8-5-13/h3-11H,1-2H3. The van der Waals surface area contributed by atoms with Crippen LogP contribution in [0.5, 0.6) is 5.75 Å². The number of aryl methyl sites for hydroxylation is 1. The second-order valence-electron chi connectivity index (χ2n) is 4.62. The lowest BCUT2D eigenvalue weighted by molar-refractivity contribution is 0.415. The maximum atomic E-state index is 5.17. The van der Waals surface area contributed by atoms with Gasteiger partial charge in [0.1, 0.15) is 5.75 Å². The number of fused-ring (bicyclic) bond motifs is 1. The van der Waals surface area contributed by atoms with E-state index in [1.807, 2.05) is 24.3 Å². The molecule has 0 atom stereocenters. The van der Waals surface area contributed by atoms with Gasteiger partial charge < -0.3 is 4.74 Å². The van der Waals surface area contributed by atoms with Crippen LogP contribution in [0.2, 0.25) is 0 Å². The van der Waals surface area contributed by atoms with Crippen LogP contribution in [0.15, 0.2) is 54.6 Å². The Bertz CT molecular complexity index is 717. The van der Waals surface area contributed by atoms with Crippen LogP contribution in [0.3, 0.4) is 0 Å². The zero-order chi connectivity index (χ0) is 13.2. The molecular formula is C17H15NO. The highest BCUT2D eigenvalue weighted by Gasteiger charge is 2.02. The molecule has 94 valence electrons. The third kappa shape index (κ3) is 2.29. The van der Waals surface area contributed by atoms with Gasteiger partial charge in [-0.1, -0.05) is 17.7 Å². The molecule has 0 N–H and O–H groups in total. The molecule has 0 saturated heterocycles. The Morgan fingerprint density at radius 1 is 0.895 bits per heavy atom. The molecular weight excluding hydrogens is 234 g/mol. The first kappa shape index (κ1) is 11.7. The van der Waals surface area contributed by atoms with Gasteiger partial charge in [-0.15, -0.1) is 0 Å². The summed E-state index contributed by atoms with van der Waals surface area (Å²) < 4.78 is 5.17. The largest absolute Gasteiger partial charge is 0.497 e. The lowest BCUT2D eigenvalue weighted by Crippen LogP contribution is -1.87. The first-order valence-electron chi connectivity index (χ1n) is 6.28. The number of methoxy groups -OCH3 is 1. The van der Waals surface area contributed by atoms with Gasteiger partial charge in [0.15, 0.2) is 0 Å². The third-order valence-electron chi connectivity index (χ3n) is 3.23. The summed E-state index contributed by atoms with van der Waals surface area (Å²) in [5, 5.41) is 1.18. The molecule has 0 spiro atoms. The monoisotopic (exact) mass is 249 g/mol. The van der Waals surface area contributed by atoms with E-state index in [1.165, 1.54) is 10.9 Å². The molecule has 1 aromatic heterocycles. The molecule has 0 bridgehead atoms. The van der Waals surface area contributed by atoms with Crippen molar-refractivity contribution >= 4 is 10.9 Å². The summed E-state index contributed by atoms with van der Waals surface area (Å²) in [6, 6.07) is 18.5. The molecule has 2 nitrogen and oxygen atoms in total. The number of ether oxygens (including phenoxy) is 1. The molecule has 2 heteroatoms. The van der Waals surface area contributed by atoms with Crippen LogP contribution < -0.4 is 4.74 Å². The van der Waals surface area contributed by atoms with E-state index in [0.717, 1.165) is 22.5 Å². The van der Waals surface area contributed by atoms with Gasteiger partial charge in [0.2, 0.25) is 0 Å². The molecule has 0 fully saturated rings. The fourth-order valence-electron chi connectivity index (χ4n) is 2.17. The minimum absolute atomic E-state index is 0.861. The molecule has 3 aromatic rings. The summed E-state index contributed by atoms with van der Waals surface area (Å²) in [4.78, 5) is 4.70. The lowest BCUT2D eigenvalue weighted by Gasteiger charge is -2.05. The molecule has 0 aliphatic rings. The number of pyridine rings is 1. The molecule has 0 amide bonds. The number of aromatic nitrogens is 1. The van der Waals surface area contributed by atoms with Crippen molar-refractivity contribution < 1.29 is 4.74 Å². The zero-order valence-electron chi connectivity index (χ0n) is 11.1. The number of hydrogen-bond donors (Lipinski definition) is 0. The summed E-state index contributed by atoms with van der Waals surface area (Å²) in [5.41, 5.74) is 4.37. The van der Waals surface area contributed by atoms with Crippen LogP contribution in [0.1, 0.15) is 5.56 Å². The average molecular weight is 249 g/mol. The van der Waals surface area contributed by atoms with Gasteiger partial charge in [0, 0.05) is 10.9 Å². The van der Waals surface area contributed by atoms with E-state index in [9.17, 15) is 0 Å². The lowest BCUT2D eigenvalue weighted by atomic mass is 10.1. The molecule has 0 saturated carbocycles. The number of hydrogen-bond acceptors (Lipinski definition) is 2. The second kappa shape index (κ2) is 4.73. The number of nitrogens with zero attached hydrogens (tertiary/aromatic N) is 1. The van der Waals surface area contributed by atoms with Crippen LogP contribution in [-0.4, -0.2) is 12.1 Å². The fraction of sp³-hybridized carbons (Fsp3) is 0.118. The van der Waals surface area contributed by atoms with Gasteiger partial charge in [-0.05, 0) is 49.4 Å². The quantitative estimate of drug-likeness (QED) is 0.678. The summed E-state index contributed by atoms with van der Waals surface area (Å²) in [5.74, 6) is 0.861. The Morgan fingerprint density at radius 3 is 2.42 bits per heavy atom. The van der Waals surface area contributed by atoms with Gasteiger partial charge in [-0.3, -0.25) is 0 Å². The Hall–Kier alpha value is -2.35. The molecule has 19 heavy (non-hydrogen) atoms. The van der Waals surface area contributed by atoms with E-state index >= 15 is 0 Å². The molecule has 0 radical (unpaired) electrons. The minimum Gasteiger partial charge on any atom is -0.497 e. The molecule has 0 unspecified atom stereocenters. The second-order valence-corrected chi connectivity index (χ2v) is 4.62. The summed E-state index contributed by atoms with van der Waals surface area (Å²) in [6.45, 7) is 2.09. The molecule has 0 aliphatic carbocycles. The highest BCUT2D eigenvalue weighted by Crippen LogP contribution is 2.23. The van der Waals surface area contributed by atoms with Crippen molar-refractivity contribution in [3.63, 3.8) is 0 Å². The van der Waals surface area contributed by atoms with Crippen molar-refractivity contribution in [1.29, 1.82) is 0 Å². The maximum Gasteiger partial charge on any atom is 0.118 e. The van der Waals surface area contributed by atoms with Gasteiger partial charge >= 0.3 is 0 Å². The first-order valence-corrected chi connectivity index (χ1v) is 6.28. The van der Waals surface area contributed by atoms with Crippen LogP contribution in [0, 0.1) is 6.92 Å². The van der Waals surface area contributed by atoms with Crippen molar-refractivity contribution in [2.75, 3.05) is 7.11 Å². The predicted molar refractivity (Wildman–Crippen MR) is 78.5 cm³/mol. The van der Waals surface area contributed by atoms with Crippen LogP contribution in [0.25, 0.3) is 22.2 Å². The highest BCUT2D eigenvalue weighted by molar-refractivity contribution is 5.82. The summed E-state index contributed by atoms with van der Waals surface area (Å²) in [6.07, 6.45) is 0. The number of benzene rings is 2. The minimum atomic E-state index is 0.861. The van der Waals surface area contributed by atoms with Crippen LogP contribution in [0.4, 0.5) is 0 Å². The van der Waals surface area contributed by atoms with Crippen molar-refractivity contribution in [1.82, 2.24) is 4.98 Å². The first-order chi connectivity index (χ1) is 9.26. The Labute approximate surface area is 112 Å². The van der Waals surface area contributed by atoms with Crippen molar-refractivity contribution in [3.05, 3.63) is 60.2 Å². The Balaban J connectivity index is 2.06. The topological polar surface area (TPSA) is 22.1 Å². The van der Waals surface area contributed by atoms with E-state index in [-0.39, 0.29) is 0 Å². The highest BCUT2D eigenvalue weighted by atomic mass is 16.5. The molecule has 1 heterocycles.